The summed E-state index contributed by atoms with van der Waals surface area (Å²) in [5.74, 6) is 1.15. The fourth-order valence-corrected chi connectivity index (χ4v) is 2.07. The minimum absolute atomic E-state index is 0. The molecule has 0 amide bonds. The Labute approximate surface area is 136 Å². The van der Waals surface area contributed by atoms with Crippen LogP contribution in [0, 0.1) is 0 Å². The highest BCUT2D eigenvalue weighted by molar-refractivity contribution is 5.85. The SMILES string of the molecule is CCN(CC)Cc1cc(Nc2ccnc(N)n2)ccc1O.Cl. The fraction of sp³-hybridized carbons (Fsp3) is 0.333. The van der Waals surface area contributed by atoms with Gasteiger partial charge < -0.3 is 16.2 Å². The van der Waals surface area contributed by atoms with Gasteiger partial charge in [0.25, 0.3) is 0 Å². The number of benzene rings is 1. The van der Waals surface area contributed by atoms with Crippen LogP contribution in [0.3, 0.4) is 0 Å². The zero-order valence-corrected chi connectivity index (χ0v) is 13.6. The van der Waals surface area contributed by atoms with Gasteiger partial charge in [-0.2, -0.15) is 4.98 Å². The van der Waals surface area contributed by atoms with E-state index in [-0.39, 0.29) is 18.4 Å². The van der Waals surface area contributed by atoms with Crippen LogP contribution in [-0.4, -0.2) is 33.1 Å². The summed E-state index contributed by atoms with van der Waals surface area (Å²) in [5, 5.41) is 13.1. The summed E-state index contributed by atoms with van der Waals surface area (Å²) in [5.41, 5.74) is 7.29. The lowest BCUT2D eigenvalue weighted by Gasteiger charge is -2.19. The summed E-state index contributed by atoms with van der Waals surface area (Å²) in [6.07, 6.45) is 1.60. The molecule has 4 N–H and O–H groups in total. The molecule has 1 heterocycles. The summed E-state index contributed by atoms with van der Waals surface area (Å²) in [4.78, 5) is 10.2. The number of rotatable bonds is 6. The lowest BCUT2D eigenvalue weighted by Crippen LogP contribution is -2.22. The van der Waals surface area contributed by atoms with E-state index in [0.29, 0.717) is 18.1 Å². The van der Waals surface area contributed by atoms with Crippen molar-refractivity contribution in [2.45, 2.75) is 20.4 Å². The van der Waals surface area contributed by atoms with Crippen molar-refractivity contribution in [3.05, 3.63) is 36.0 Å². The summed E-state index contributed by atoms with van der Waals surface area (Å²) in [6, 6.07) is 7.16. The molecule has 0 aliphatic carbocycles. The third kappa shape index (κ3) is 4.75. The van der Waals surface area contributed by atoms with Gasteiger partial charge in [0.15, 0.2) is 0 Å². The first-order valence-electron chi connectivity index (χ1n) is 7.02. The molecule has 0 fully saturated rings. The monoisotopic (exact) mass is 323 g/mol. The van der Waals surface area contributed by atoms with Crippen molar-refractivity contribution < 1.29 is 5.11 Å². The standard InChI is InChI=1S/C15H21N5O.ClH/c1-3-20(4-2)10-11-9-12(5-6-13(11)21)18-14-7-8-17-15(16)19-14;/h5-9,21H,3-4,10H2,1-2H3,(H3,16,17,18,19);1H. The van der Waals surface area contributed by atoms with Crippen LogP contribution < -0.4 is 11.1 Å². The lowest BCUT2D eigenvalue weighted by atomic mass is 10.1. The van der Waals surface area contributed by atoms with E-state index in [2.05, 4.69) is 34.0 Å². The highest BCUT2D eigenvalue weighted by Gasteiger charge is 2.07. The number of nitrogens with one attached hydrogen (secondary N) is 1. The van der Waals surface area contributed by atoms with Crippen molar-refractivity contribution >= 4 is 29.9 Å². The molecule has 0 saturated carbocycles. The predicted octanol–water partition coefficient (Wildman–Crippen LogP) is 2.77. The minimum atomic E-state index is 0. The summed E-state index contributed by atoms with van der Waals surface area (Å²) < 4.78 is 0. The Balaban J connectivity index is 0.00000242. The van der Waals surface area contributed by atoms with E-state index in [1.807, 2.05) is 6.07 Å². The van der Waals surface area contributed by atoms with Gasteiger partial charge in [-0.3, -0.25) is 4.90 Å². The molecule has 6 nitrogen and oxygen atoms in total. The Bertz CT molecular complexity index is 604. The first-order valence-corrected chi connectivity index (χ1v) is 7.02. The van der Waals surface area contributed by atoms with Gasteiger partial charge in [-0.15, -0.1) is 12.4 Å². The van der Waals surface area contributed by atoms with Crippen LogP contribution in [0.5, 0.6) is 5.75 Å². The van der Waals surface area contributed by atoms with E-state index in [1.54, 1.807) is 24.4 Å². The Kier molecular flexibility index (Phi) is 6.88. The van der Waals surface area contributed by atoms with Gasteiger partial charge in [0.2, 0.25) is 5.95 Å². The van der Waals surface area contributed by atoms with Crippen LogP contribution in [-0.2, 0) is 6.54 Å². The van der Waals surface area contributed by atoms with Gasteiger partial charge in [-0.25, -0.2) is 4.98 Å². The Morgan fingerprint density at radius 1 is 1.23 bits per heavy atom. The van der Waals surface area contributed by atoms with Crippen molar-refractivity contribution in [3.63, 3.8) is 0 Å². The summed E-state index contributed by atoms with van der Waals surface area (Å²) in [6.45, 7) is 6.80. The number of nitrogens with zero attached hydrogens (tertiary/aromatic N) is 3. The van der Waals surface area contributed by atoms with Gasteiger partial charge in [0, 0.05) is 24.0 Å². The van der Waals surface area contributed by atoms with E-state index < -0.39 is 0 Å². The summed E-state index contributed by atoms with van der Waals surface area (Å²) in [7, 11) is 0. The van der Waals surface area contributed by atoms with Crippen molar-refractivity contribution in [1.82, 2.24) is 14.9 Å². The van der Waals surface area contributed by atoms with Crippen LogP contribution in [0.1, 0.15) is 19.4 Å². The molecule has 2 aromatic rings. The quantitative estimate of drug-likeness (QED) is 0.709. The van der Waals surface area contributed by atoms with Crippen LogP contribution in [0.25, 0.3) is 0 Å². The number of phenols is 1. The molecule has 0 spiro atoms. The van der Waals surface area contributed by atoms with Crippen molar-refractivity contribution in [2.24, 2.45) is 0 Å². The molecule has 7 heteroatoms. The van der Waals surface area contributed by atoms with Gasteiger partial charge >= 0.3 is 0 Å². The topological polar surface area (TPSA) is 87.3 Å². The molecular weight excluding hydrogens is 302 g/mol. The maximum atomic E-state index is 9.99. The average Bonchev–Trinajstić information content (AvgIpc) is 2.48. The maximum absolute atomic E-state index is 9.99. The number of anilines is 3. The number of aromatic nitrogens is 2. The first-order chi connectivity index (χ1) is 10.1. The van der Waals surface area contributed by atoms with Crippen molar-refractivity contribution in [1.29, 1.82) is 0 Å². The van der Waals surface area contributed by atoms with Crippen LogP contribution in [0.4, 0.5) is 17.5 Å². The molecular formula is C15H22ClN5O. The summed E-state index contributed by atoms with van der Waals surface area (Å²) >= 11 is 0. The number of hydrogen-bond donors (Lipinski definition) is 3. The normalized spacial score (nSPS) is 10.3. The molecule has 22 heavy (non-hydrogen) atoms. The molecule has 0 saturated heterocycles. The van der Waals surface area contributed by atoms with E-state index in [1.165, 1.54) is 0 Å². The highest BCUT2D eigenvalue weighted by Crippen LogP contribution is 2.24. The van der Waals surface area contributed by atoms with Crippen molar-refractivity contribution in [2.75, 3.05) is 24.1 Å². The number of halogens is 1. The van der Waals surface area contributed by atoms with Crippen LogP contribution >= 0.6 is 12.4 Å². The van der Waals surface area contributed by atoms with Crippen LogP contribution in [0.15, 0.2) is 30.5 Å². The molecule has 0 radical (unpaired) electrons. The maximum Gasteiger partial charge on any atom is 0.221 e. The molecule has 0 aliphatic heterocycles. The second-order valence-corrected chi connectivity index (χ2v) is 4.73. The Morgan fingerprint density at radius 2 is 1.95 bits per heavy atom. The van der Waals surface area contributed by atoms with E-state index in [4.69, 9.17) is 5.73 Å². The van der Waals surface area contributed by atoms with Crippen LogP contribution in [0.2, 0.25) is 0 Å². The molecule has 0 unspecified atom stereocenters. The smallest absolute Gasteiger partial charge is 0.221 e. The van der Waals surface area contributed by atoms with Gasteiger partial charge in [0.05, 0.1) is 0 Å². The van der Waals surface area contributed by atoms with Gasteiger partial charge in [-0.1, -0.05) is 13.8 Å². The molecule has 1 aromatic carbocycles. The predicted molar refractivity (Wildman–Crippen MR) is 91.7 cm³/mol. The fourth-order valence-electron chi connectivity index (χ4n) is 2.07. The Morgan fingerprint density at radius 3 is 2.59 bits per heavy atom. The molecule has 0 atom stereocenters. The van der Waals surface area contributed by atoms with E-state index in [0.717, 1.165) is 24.3 Å². The third-order valence-electron chi connectivity index (χ3n) is 3.31. The molecule has 0 aliphatic rings. The third-order valence-corrected chi connectivity index (χ3v) is 3.31. The second-order valence-electron chi connectivity index (χ2n) is 4.73. The highest BCUT2D eigenvalue weighted by atomic mass is 35.5. The lowest BCUT2D eigenvalue weighted by molar-refractivity contribution is 0.291. The number of aromatic hydroxyl groups is 1. The number of hydrogen-bond acceptors (Lipinski definition) is 6. The first kappa shape index (κ1) is 18.0. The Hall–Kier alpha value is -2.05. The van der Waals surface area contributed by atoms with Crippen molar-refractivity contribution in [3.8, 4) is 5.75 Å². The molecule has 120 valence electrons. The van der Waals surface area contributed by atoms with Gasteiger partial charge in [-0.05, 0) is 37.4 Å². The zero-order valence-electron chi connectivity index (χ0n) is 12.8. The number of phenolic OH excluding ortho intramolecular Hbond substituents is 1. The number of nitrogen functional groups attached to an aromatic ring is 1. The molecule has 0 bridgehead atoms. The zero-order chi connectivity index (χ0) is 15.2. The largest absolute Gasteiger partial charge is 0.508 e. The second kappa shape index (κ2) is 8.41. The number of nitrogens with two attached hydrogens (primary N) is 1. The molecule has 2 rings (SSSR count). The van der Waals surface area contributed by atoms with Gasteiger partial charge in [0.1, 0.15) is 11.6 Å². The minimum Gasteiger partial charge on any atom is -0.508 e. The van der Waals surface area contributed by atoms with E-state index in [9.17, 15) is 5.11 Å². The van der Waals surface area contributed by atoms with E-state index >= 15 is 0 Å². The average molecular weight is 324 g/mol. The molecule has 1 aromatic heterocycles.